The third-order valence-electron chi connectivity index (χ3n) is 8.93. The molecular weight excluding hydrogens is 478 g/mol. The molecule has 2 saturated heterocycles. The van der Waals surface area contributed by atoms with E-state index in [0.717, 1.165) is 48.2 Å². The van der Waals surface area contributed by atoms with Crippen LogP contribution in [0.2, 0.25) is 0 Å². The maximum atomic E-state index is 13.3. The lowest BCUT2D eigenvalue weighted by molar-refractivity contribution is -0.942. The van der Waals surface area contributed by atoms with E-state index in [4.69, 9.17) is 0 Å². The standard InChI is InChI=1S/C32H50F2N4/c33-31-13-9-29(10-14-31)27-37(23-17-35-18-24-37)21-7-5-3-1-2-4-6-8-22-38(25-19-36-20-26-38)28-30-11-15-32(34)16-12-30/h9-16,35-36H,1-8,17-28H2/q+2. The van der Waals surface area contributed by atoms with Gasteiger partial charge < -0.3 is 19.6 Å². The Morgan fingerprint density at radius 3 is 1.13 bits per heavy atom. The number of rotatable bonds is 15. The summed E-state index contributed by atoms with van der Waals surface area (Å²) in [5.74, 6) is -0.286. The molecule has 2 N–H and O–H groups in total. The zero-order valence-corrected chi connectivity index (χ0v) is 23.4. The Hall–Kier alpha value is -1.86. The Kier molecular flexibility index (Phi) is 11.5. The number of unbranched alkanes of at least 4 members (excludes halogenated alkanes) is 7. The molecule has 0 unspecified atom stereocenters. The van der Waals surface area contributed by atoms with Gasteiger partial charge in [-0.05, 0) is 49.9 Å². The van der Waals surface area contributed by atoms with Crippen LogP contribution in [0.25, 0.3) is 0 Å². The van der Waals surface area contributed by atoms with Crippen LogP contribution in [0.1, 0.15) is 62.5 Å². The molecule has 2 aliphatic rings. The molecule has 38 heavy (non-hydrogen) atoms. The van der Waals surface area contributed by atoms with Gasteiger partial charge in [-0.15, -0.1) is 0 Å². The molecule has 0 aliphatic carbocycles. The van der Waals surface area contributed by atoms with Gasteiger partial charge in [-0.25, -0.2) is 8.78 Å². The Labute approximate surface area is 229 Å². The highest BCUT2D eigenvalue weighted by atomic mass is 19.1. The Bertz CT molecular complexity index is 842. The van der Waals surface area contributed by atoms with Crippen LogP contribution in [0.15, 0.2) is 48.5 Å². The number of piperazine rings is 2. The van der Waals surface area contributed by atoms with Gasteiger partial charge in [-0.3, -0.25) is 0 Å². The Morgan fingerprint density at radius 1 is 0.474 bits per heavy atom. The van der Waals surface area contributed by atoms with Crippen LogP contribution in [0.5, 0.6) is 0 Å². The smallest absolute Gasteiger partial charge is 0.123 e. The first kappa shape index (κ1) is 29.1. The largest absolute Gasteiger partial charge is 0.318 e. The van der Waals surface area contributed by atoms with Crippen LogP contribution >= 0.6 is 0 Å². The molecule has 6 heteroatoms. The molecule has 0 saturated carbocycles. The maximum absolute atomic E-state index is 13.3. The molecule has 2 fully saturated rings. The summed E-state index contributed by atoms with van der Waals surface area (Å²) < 4.78 is 29.0. The third kappa shape index (κ3) is 9.41. The van der Waals surface area contributed by atoms with E-state index in [9.17, 15) is 8.78 Å². The van der Waals surface area contributed by atoms with Gasteiger partial charge in [0.15, 0.2) is 0 Å². The van der Waals surface area contributed by atoms with Gasteiger partial charge in [0.25, 0.3) is 0 Å². The summed E-state index contributed by atoms with van der Waals surface area (Å²) in [6, 6.07) is 14.3. The number of nitrogens with one attached hydrogen (secondary N) is 2. The summed E-state index contributed by atoms with van der Waals surface area (Å²) >= 11 is 0. The molecule has 4 nitrogen and oxygen atoms in total. The van der Waals surface area contributed by atoms with Crippen molar-refractivity contribution in [2.24, 2.45) is 0 Å². The second-order valence-corrected chi connectivity index (χ2v) is 11.9. The summed E-state index contributed by atoms with van der Waals surface area (Å²) in [4.78, 5) is 0. The summed E-state index contributed by atoms with van der Waals surface area (Å²) in [6.07, 6.45) is 10.6. The van der Waals surface area contributed by atoms with Crippen LogP contribution in [0, 0.1) is 11.6 Å². The van der Waals surface area contributed by atoms with Crippen molar-refractivity contribution in [2.75, 3.05) is 65.4 Å². The number of benzene rings is 2. The molecule has 0 bridgehead atoms. The lowest BCUT2D eigenvalue weighted by Crippen LogP contribution is -2.58. The van der Waals surface area contributed by atoms with Gasteiger partial charge in [-0.2, -0.15) is 0 Å². The van der Waals surface area contributed by atoms with Crippen LogP contribution in [-0.4, -0.2) is 74.4 Å². The Balaban J connectivity index is 1.09. The molecule has 210 valence electrons. The average molecular weight is 529 g/mol. The van der Waals surface area contributed by atoms with Crippen LogP contribution < -0.4 is 10.6 Å². The third-order valence-corrected chi connectivity index (χ3v) is 8.93. The predicted molar refractivity (Wildman–Crippen MR) is 153 cm³/mol. The van der Waals surface area contributed by atoms with Crippen molar-refractivity contribution in [2.45, 2.75) is 64.5 Å². The molecule has 2 aliphatic heterocycles. The van der Waals surface area contributed by atoms with Gasteiger partial charge in [0, 0.05) is 37.3 Å². The summed E-state index contributed by atoms with van der Waals surface area (Å²) in [6.45, 7) is 13.6. The van der Waals surface area contributed by atoms with Crippen molar-refractivity contribution in [3.8, 4) is 0 Å². The quantitative estimate of drug-likeness (QED) is 0.231. The first-order valence-electron chi connectivity index (χ1n) is 15.2. The summed E-state index contributed by atoms with van der Waals surface area (Å²) in [5, 5.41) is 7.03. The predicted octanol–water partition coefficient (Wildman–Crippen LogP) is 5.63. The van der Waals surface area contributed by atoms with E-state index < -0.39 is 0 Å². The van der Waals surface area contributed by atoms with E-state index in [-0.39, 0.29) is 11.6 Å². The molecule has 0 radical (unpaired) electrons. The van der Waals surface area contributed by atoms with Crippen LogP contribution in [-0.2, 0) is 13.1 Å². The number of halogens is 2. The van der Waals surface area contributed by atoms with Crippen molar-refractivity contribution in [3.05, 3.63) is 71.3 Å². The topological polar surface area (TPSA) is 24.1 Å². The summed E-state index contributed by atoms with van der Waals surface area (Å²) in [7, 11) is 0. The second-order valence-electron chi connectivity index (χ2n) is 11.9. The van der Waals surface area contributed by atoms with E-state index in [1.807, 2.05) is 24.3 Å². The fourth-order valence-electron chi connectivity index (χ4n) is 6.57. The zero-order chi connectivity index (χ0) is 26.5. The molecule has 0 spiro atoms. The molecule has 0 amide bonds. The van der Waals surface area contributed by atoms with Crippen LogP contribution in [0.3, 0.4) is 0 Å². The van der Waals surface area contributed by atoms with Gasteiger partial charge in [0.05, 0.1) is 39.3 Å². The highest BCUT2D eigenvalue weighted by Crippen LogP contribution is 2.21. The molecule has 4 rings (SSSR count). The normalized spacial score (nSPS) is 18.9. The zero-order valence-electron chi connectivity index (χ0n) is 23.4. The molecule has 0 aromatic heterocycles. The highest BCUT2D eigenvalue weighted by Gasteiger charge is 2.30. The minimum absolute atomic E-state index is 0.143. The lowest BCUT2D eigenvalue weighted by Gasteiger charge is -2.42. The number of hydrogen-bond acceptors (Lipinski definition) is 2. The SMILES string of the molecule is Fc1ccc(C[N+]2(CCCCCCCCCC[N+]3(Cc4ccc(F)cc4)CCNCC3)CCNCC2)cc1. The van der Waals surface area contributed by atoms with Gasteiger partial charge >= 0.3 is 0 Å². The summed E-state index contributed by atoms with van der Waals surface area (Å²) in [5.41, 5.74) is 2.52. The lowest BCUT2D eigenvalue weighted by atomic mass is 10.1. The number of hydrogen-bond donors (Lipinski definition) is 2. The molecule has 2 heterocycles. The van der Waals surface area contributed by atoms with E-state index in [0.29, 0.717) is 0 Å². The molecular formula is C32H50F2N4+2. The van der Waals surface area contributed by atoms with Crippen molar-refractivity contribution < 1.29 is 17.7 Å². The second kappa shape index (κ2) is 15.1. The van der Waals surface area contributed by atoms with Crippen LogP contribution in [0.4, 0.5) is 8.78 Å². The fourth-order valence-corrected chi connectivity index (χ4v) is 6.57. The monoisotopic (exact) mass is 528 g/mol. The molecule has 0 atom stereocenters. The minimum Gasteiger partial charge on any atom is -0.318 e. The van der Waals surface area contributed by atoms with E-state index in [2.05, 4.69) is 10.6 Å². The van der Waals surface area contributed by atoms with Crippen molar-refractivity contribution in [1.82, 2.24) is 10.6 Å². The first-order valence-corrected chi connectivity index (χ1v) is 15.2. The average Bonchev–Trinajstić information content (AvgIpc) is 2.93. The first-order chi connectivity index (χ1) is 18.6. The minimum atomic E-state index is -0.143. The molecule has 2 aromatic carbocycles. The number of quaternary nitrogens is 2. The van der Waals surface area contributed by atoms with E-state index in [1.165, 1.54) is 102 Å². The van der Waals surface area contributed by atoms with Gasteiger partial charge in [0.2, 0.25) is 0 Å². The van der Waals surface area contributed by atoms with Gasteiger partial charge in [-0.1, -0.05) is 49.9 Å². The van der Waals surface area contributed by atoms with Crippen molar-refractivity contribution in [1.29, 1.82) is 0 Å². The van der Waals surface area contributed by atoms with E-state index >= 15 is 0 Å². The molecule has 2 aromatic rings. The van der Waals surface area contributed by atoms with Crippen molar-refractivity contribution in [3.63, 3.8) is 0 Å². The fraction of sp³-hybridized carbons (Fsp3) is 0.625. The van der Waals surface area contributed by atoms with Gasteiger partial charge in [0.1, 0.15) is 24.7 Å². The maximum Gasteiger partial charge on any atom is 0.123 e. The van der Waals surface area contributed by atoms with E-state index in [1.54, 1.807) is 24.3 Å². The van der Waals surface area contributed by atoms with Crippen molar-refractivity contribution >= 4 is 0 Å². The number of nitrogens with zero attached hydrogens (tertiary/aromatic N) is 2. The highest BCUT2D eigenvalue weighted by molar-refractivity contribution is 5.15. The Morgan fingerprint density at radius 2 is 0.789 bits per heavy atom.